The van der Waals surface area contributed by atoms with Crippen molar-refractivity contribution in [1.82, 2.24) is 0 Å². The maximum Gasteiger partial charge on any atom is 0.0272 e. The van der Waals surface area contributed by atoms with Crippen molar-refractivity contribution in [1.29, 1.82) is 0 Å². The van der Waals surface area contributed by atoms with Crippen LogP contribution in [0.4, 0.5) is 0 Å². The van der Waals surface area contributed by atoms with Crippen LogP contribution >= 0.6 is 0 Å². The van der Waals surface area contributed by atoms with Gasteiger partial charge in [-0.1, -0.05) is 13.8 Å². The quantitative estimate of drug-likeness (QED) is 0.450. The molecule has 2 aliphatic rings. The Morgan fingerprint density at radius 2 is 2.38 bits per heavy atom. The van der Waals surface area contributed by atoms with Gasteiger partial charge in [0.05, 0.1) is 0 Å². The van der Waals surface area contributed by atoms with Crippen molar-refractivity contribution in [2.75, 3.05) is 0 Å². The van der Waals surface area contributed by atoms with Crippen molar-refractivity contribution in [2.45, 2.75) is 33.1 Å². The van der Waals surface area contributed by atoms with Crippen molar-refractivity contribution in [3.05, 3.63) is 0 Å². The first kappa shape index (κ1) is 3.92. The van der Waals surface area contributed by atoms with E-state index in [0.29, 0.717) is 5.41 Å². The molecule has 0 saturated heterocycles. The average molecular weight is 111 g/mol. The summed E-state index contributed by atoms with van der Waals surface area (Å²) in [7, 11) is 0. The van der Waals surface area contributed by atoms with Gasteiger partial charge in [-0.15, -0.1) is 0 Å². The van der Waals surface area contributed by atoms with E-state index in [1.54, 1.807) is 0 Å². The predicted molar refractivity (Wildman–Crippen MR) is 34.6 cm³/mol. The lowest BCUT2D eigenvalue weighted by atomic mass is 9.88. The average Bonchev–Trinajstić information content (AvgIpc) is 2.41. The molecule has 0 aromatic carbocycles. The van der Waals surface area contributed by atoms with Crippen LogP contribution in [0.3, 0.4) is 0 Å². The molecule has 0 heteroatoms. The maximum absolute atomic E-state index is 7.70. The third kappa shape index (κ3) is 0.463. The van der Waals surface area contributed by atoms with E-state index < -0.39 is 0 Å². The van der Waals surface area contributed by atoms with E-state index in [2.05, 4.69) is 13.8 Å². The minimum Gasteiger partial charge on any atom is -0.0596 e. The summed E-state index contributed by atoms with van der Waals surface area (Å²) in [6.45, 7) is 4.50. The minimum absolute atomic E-state index is 0.237. The highest BCUT2D eigenvalue weighted by Crippen LogP contribution is 2.61. The van der Waals surface area contributed by atoms with Gasteiger partial charge in [0.25, 0.3) is 0 Å². The zero-order chi connectivity index (χ0) is 6.65. The Morgan fingerprint density at radius 1 is 1.62 bits per heavy atom. The second-order valence-corrected chi connectivity index (χ2v) is 3.86. The minimum atomic E-state index is 0.237. The second-order valence-electron chi connectivity index (χ2n) is 3.86. The molecule has 0 heterocycles. The van der Waals surface area contributed by atoms with Crippen LogP contribution in [0.2, 0.25) is 0 Å². The Hall–Kier alpha value is 0. The van der Waals surface area contributed by atoms with Gasteiger partial charge in [0, 0.05) is 1.37 Å². The van der Waals surface area contributed by atoms with Crippen LogP contribution in [-0.2, 0) is 0 Å². The summed E-state index contributed by atoms with van der Waals surface area (Å²) in [5.41, 5.74) is 0.352. The SMILES string of the molecule is [2H]C1CC2CC2C1(C)C. The lowest BCUT2D eigenvalue weighted by molar-refractivity contribution is 0.325. The Morgan fingerprint density at radius 3 is 2.62 bits per heavy atom. The molecule has 0 aliphatic heterocycles. The van der Waals surface area contributed by atoms with E-state index in [-0.39, 0.29) is 6.40 Å². The molecule has 3 unspecified atom stereocenters. The normalized spacial score (nSPS) is 59.8. The fourth-order valence-electron chi connectivity index (χ4n) is 2.03. The summed E-state index contributed by atoms with van der Waals surface area (Å²) in [6, 6.07) is 0. The second kappa shape index (κ2) is 1.12. The molecular weight excluding hydrogens is 96.1 g/mol. The zero-order valence-electron chi connectivity index (χ0n) is 6.65. The van der Waals surface area contributed by atoms with Gasteiger partial charge in [0.2, 0.25) is 0 Å². The summed E-state index contributed by atoms with van der Waals surface area (Å²) in [5, 5.41) is 0. The molecule has 0 amide bonds. The molecule has 2 fully saturated rings. The Kier molecular flexibility index (Phi) is 0.549. The summed E-state index contributed by atoms with van der Waals surface area (Å²) in [5.74, 6) is 1.86. The molecule has 0 spiro atoms. The molecule has 0 aromatic heterocycles. The molecular formula is C8H14. The van der Waals surface area contributed by atoms with Crippen LogP contribution in [0.1, 0.15) is 34.5 Å². The Labute approximate surface area is 52.7 Å². The molecule has 2 rings (SSSR count). The Balaban J connectivity index is 2.20. The first-order valence-corrected chi connectivity index (χ1v) is 3.54. The summed E-state index contributed by atoms with van der Waals surface area (Å²) in [4.78, 5) is 0. The molecule has 0 N–H and O–H groups in total. The zero-order valence-corrected chi connectivity index (χ0v) is 5.65. The molecule has 0 aromatic rings. The van der Waals surface area contributed by atoms with E-state index in [1.165, 1.54) is 12.8 Å². The fourth-order valence-corrected chi connectivity index (χ4v) is 2.03. The van der Waals surface area contributed by atoms with Gasteiger partial charge in [0.1, 0.15) is 0 Å². The molecule has 3 atom stereocenters. The third-order valence-electron chi connectivity index (χ3n) is 2.82. The molecule has 0 bridgehead atoms. The monoisotopic (exact) mass is 111 g/mol. The molecule has 8 heavy (non-hydrogen) atoms. The smallest absolute Gasteiger partial charge is 0.0272 e. The van der Waals surface area contributed by atoms with Gasteiger partial charge in [-0.25, -0.2) is 0 Å². The van der Waals surface area contributed by atoms with Gasteiger partial charge in [-0.3, -0.25) is 0 Å². The highest BCUT2D eigenvalue weighted by atomic mass is 14.6. The highest BCUT2D eigenvalue weighted by molar-refractivity contribution is 5.02. The third-order valence-corrected chi connectivity index (χ3v) is 2.82. The number of fused-ring (bicyclic) bond motifs is 1. The van der Waals surface area contributed by atoms with Gasteiger partial charge in [0.15, 0.2) is 0 Å². The largest absolute Gasteiger partial charge is 0.0596 e. The number of hydrogen-bond donors (Lipinski definition) is 0. The van der Waals surface area contributed by atoms with Crippen LogP contribution < -0.4 is 0 Å². The first-order valence-electron chi connectivity index (χ1n) is 4.12. The van der Waals surface area contributed by atoms with Crippen molar-refractivity contribution in [2.24, 2.45) is 17.3 Å². The molecule has 2 aliphatic carbocycles. The van der Waals surface area contributed by atoms with E-state index in [0.717, 1.165) is 11.8 Å². The van der Waals surface area contributed by atoms with E-state index >= 15 is 0 Å². The molecule has 2 saturated carbocycles. The van der Waals surface area contributed by atoms with Crippen LogP contribution in [0, 0.1) is 17.3 Å². The van der Waals surface area contributed by atoms with Crippen molar-refractivity contribution in [3.8, 4) is 0 Å². The standard InChI is InChI=1S/C8H14/c1-8(2)4-3-6-5-7(6)8/h6-7H,3-5H2,1-2H3/i4D. The van der Waals surface area contributed by atoms with Crippen LogP contribution in [0.25, 0.3) is 0 Å². The van der Waals surface area contributed by atoms with E-state index in [9.17, 15) is 0 Å². The van der Waals surface area contributed by atoms with Crippen LogP contribution in [-0.4, -0.2) is 0 Å². The summed E-state index contributed by atoms with van der Waals surface area (Å²) >= 11 is 0. The van der Waals surface area contributed by atoms with Gasteiger partial charge >= 0.3 is 0 Å². The fraction of sp³-hybridized carbons (Fsp3) is 1.00. The molecule has 0 radical (unpaired) electrons. The topological polar surface area (TPSA) is 0 Å². The lowest BCUT2D eigenvalue weighted by Crippen LogP contribution is -2.08. The number of hydrogen-bond acceptors (Lipinski definition) is 0. The van der Waals surface area contributed by atoms with E-state index in [4.69, 9.17) is 1.37 Å². The first-order chi connectivity index (χ1) is 4.12. The summed E-state index contributed by atoms with van der Waals surface area (Å²) in [6.07, 6.45) is 2.83. The Bertz CT molecular complexity index is 136. The predicted octanol–water partition coefficient (Wildman–Crippen LogP) is 2.44. The molecule has 0 nitrogen and oxygen atoms in total. The highest BCUT2D eigenvalue weighted by Gasteiger charge is 2.52. The summed E-state index contributed by atoms with van der Waals surface area (Å²) < 4.78 is 7.70. The molecule has 46 valence electrons. The van der Waals surface area contributed by atoms with Crippen molar-refractivity contribution < 1.29 is 1.37 Å². The van der Waals surface area contributed by atoms with Crippen LogP contribution in [0.5, 0.6) is 0 Å². The number of rotatable bonds is 0. The van der Waals surface area contributed by atoms with Gasteiger partial charge in [-0.2, -0.15) is 0 Å². The van der Waals surface area contributed by atoms with Crippen molar-refractivity contribution >= 4 is 0 Å². The lowest BCUT2D eigenvalue weighted by Gasteiger charge is -2.18. The van der Waals surface area contributed by atoms with Gasteiger partial charge < -0.3 is 0 Å². The maximum atomic E-state index is 7.70. The van der Waals surface area contributed by atoms with Crippen molar-refractivity contribution in [3.63, 3.8) is 0 Å². The van der Waals surface area contributed by atoms with E-state index in [1.807, 2.05) is 0 Å². The van der Waals surface area contributed by atoms with Gasteiger partial charge in [-0.05, 0) is 36.5 Å². The van der Waals surface area contributed by atoms with Crippen LogP contribution in [0.15, 0.2) is 0 Å².